The van der Waals surface area contributed by atoms with Crippen molar-refractivity contribution in [2.45, 2.75) is 18.9 Å². The molecule has 26 heavy (non-hydrogen) atoms. The van der Waals surface area contributed by atoms with Gasteiger partial charge in [0.05, 0.1) is 23.0 Å². The van der Waals surface area contributed by atoms with Gasteiger partial charge in [-0.3, -0.25) is 14.1 Å². The van der Waals surface area contributed by atoms with Gasteiger partial charge >= 0.3 is 10.2 Å². The molecule has 0 bridgehead atoms. The van der Waals surface area contributed by atoms with E-state index in [0.29, 0.717) is 42.9 Å². The molecule has 0 unspecified atom stereocenters. The molecule has 2 aliphatic rings. The molecular formula is C18H20N4O3S. The van der Waals surface area contributed by atoms with Crippen molar-refractivity contribution in [3.05, 3.63) is 54.4 Å². The maximum Gasteiger partial charge on any atom is 0.326 e. The molecule has 0 radical (unpaired) electrons. The number of carbonyl (C=O) groups is 1. The molecule has 1 amide bonds. The van der Waals surface area contributed by atoms with Gasteiger partial charge in [-0.25, -0.2) is 4.31 Å². The summed E-state index contributed by atoms with van der Waals surface area (Å²) in [5.74, 6) is -0.0571. The van der Waals surface area contributed by atoms with Crippen LogP contribution in [0.4, 0.5) is 11.4 Å². The summed E-state index contributed by atoms with van der Waals surface area (Å²) in [7, 11) is -1.98. The Morgan fingerprint density at radius 3 is 2.42 bits per heavy atom. The first kappa shape index (κ1) is 16.8. The van der Waals surface area contributed by atoms with Crippen LogP contribution in [0.3, 0.4) is 0 Å². The van der Waals surface area contributed by atoms with Gasteiger partial charge < -0.3 is 4.90 Å². The van der Waals surface area contributed by atoms with E-state index in [1.807, 2.05) is 24.3 Å². The zero-order chi connectivity index (χ0) is 18.3. The predicted octanol–water partition coefficient (Wildman–Crippen LogP) is 1.89. The number of fused-ring (bicyclic) bond motifs is 1. The lowest BCUT2D eigenvalue weighted by molar-refractivity contribution is 0.0715. The van der Waals surface area contributed by atoms with E-state index in [0.717, 1.165) is 0 Å². The van der Waals surface area contributed by atoms with Gasteiger partial charge in [-0.05, 0) is 37.1 Å². The number of pyridine rings is 1. The molecule has 4 rings (SSSR count). The Hall–Kier alpha value is -2.61. The first-order valence-electron chi connectivity index (χ1n) is 8.57. The van der Waals surface area contributed by atoms with Crippen LogP contribution in [0.15, 0.2) is 48.8 Å². The number of nitrogens with zero attached hydrogens (tertiary/aromatic N) is 4. The maximum absolute atomic E-state index is 12.8. The summed E-state index contributed by atoms with van der Waals surface area (Å²) < 4.78 is 28.5. The molecule has 1 saturated heterocycles. The average Bonchev–Trinajstić information content (AvgIpc) is 2.88. The molecule has 0 spiro atoms. The number of rotatable bonds is 2. The molecule has 8 heteroatoms. The van der Waals surface area contributed by atoms with E-state index in [4.69, 9.17) is 0 Å². The van der Waals surface area contributed by atoms with Crippen LogP contribution in [0.2, 0.25) is 0 Å². The summed E-state index contributed by atoms with van der Waals surface area (Å²) in [5, 5.41) is 0. The van der Waals surface area contributed by atoms with Gasteiger partial charge in [0, 0.05) is 32.5 Å². The van der Waals surface area contributed by atoms with Crippen LogP contribution >= 0.6 is 0 Å². The van der Waals surface area contributed by atoms with Crippen molar-refractivity contribution in [2.75, 3.05) is 28.7 Å². The van der Waals surface area contributed by atoms with Crippen LogP contribution in [-0.4, -0.2) is 50.4 Å². The van der Waals surface area contributed by atoms with Crippen LogP contribution < -0.4 is 8.61 Å². The van der Waals surface area contributed by atoms with Gasteiger partial charge in [0.25, 0.3) is 5.91 Å². The Balaban J connectivity index is 1.53. The van der Waals surface area contributed by atoms with Gasteiger partial charge in [0.1, 0.15) is 0 Å². The number of aromatic nitrogens is 1. The topological polar surface area (TPSA) is 73.8 Å². The van der Waals surface area contributed by atoms with Gasteiger partial charge in [-0.15, -0.1) is 0 Å². The molecule has 136 valence electrons. The fraction of sp³-hybridized carbons (Fsp3) is 0.333. The SMILES string of the molecule is CN1c2ccccc2N(C2CCN(C(=O)c3cccnc3)CC2)S1(=O)=O. The highest BCUT2D eigenvalue weighted by Crippen LogP contribution is 2.42. The zero-order valence-electron chi connectivity index (χ0n) is 14.4. The summed E-state index contributed by atoms with van der Waals surface area (Å²) in [6, 6.07) is 10.7. The van der Waals surface area contributed by atoms with Crippen LogP contribution in [0.1, 0.15) is 23.2 Å². The van der Waals surface area contributed by atoms with Crippen molar-refractivity contribution in [3.63, 3.8) is 0 Å². The lowest BCUT2D eigenvalue weighted by atomic mass is 10.0. The molecule has 2 aromatic rings. The number of para-hydroxylation sites is 2. The zero-order valence-corrected chi connectivity index (χ0v) is 15.3. The number of likely N-dealkylation sites (tertiary alicyclic amines) is 1. The Morgan fingerprint density at radius 2 is 1.77 bits per heavy atom. The monoisotopic (exact) mass is 372 g/mol. The van der Waals surface area contributed by atoms with Crippen LogP contribution in [-0.2, 0) is 10.2 Å². The first-order chi connectivity index (χ1) is 12.5. The molecule has 7 nitrogen and oxygen atoms in total. The van der Waals surface area contributed by atoms with Gasteiger partial charge in [-0.1, -0.05) is 12.1 Å². The first-order valence-corrected chi connectivity index (χ1v) is 9.96. The second-order valence-electron chi connectivity index (χ2n) is 6.52. The molecule has 0 atom stereocenters. The highest BCUT2D eigenvalue weighted by Gasteiger charge is 2.43. The van der Waals surface area contributed by atoms with E-state index >= 15 is 0 Å². The van der Waals surface area contributed by atoms with Crippen molar-refractivity contribution in [3.8, 4) is 0 Å². The predicted molar refractivity (Wildman–Crippen MR) is 99.4 cm³/mol. The summed E-state index contributed by atoms with van der Waals surface area (Å²) in [5.41, 5.74) is 1.97. The molecule has 2 aliphatic heterocycles. The minimum absolute atomic E-state index is 0.0571. The highest BCUT2D eigenvalue weighted by atomic mass is 32.2. The average molecular weight is 372 g/mol. The summed E-state index contributed by atoms with van der Waals surface area (Å²) >= 11 is 0. The number of carbonyl (C=O) groups excluding carboxylic acids is 1. The van der Waals surface area contributed by atoms with Crippen molar-refractivity contribution in [2.24, 2.45) is 0 Å². The number of amides is 1. The normalized spacial score (nSPS) is 19.5. The Kier molecular flexibility index (Phi) is 4.07. The Morgan fingerprint density at radius 1 is 1.08 bits per heavy atom. The van der Waals surface area contributed by atoms with E-state index in [2.05, 4.69) is 4.98 Å². The number of piperidine rings is 1. The Labute approximate surface area is 153 Å². The number of hydrogen-bond acceptors (Lipinski definition) is 4. The Bertz CT molecular complexity index is 924. The van der Waals surface area contributed by atoms with Crippen LogP contribution in [0.5, 0.6) is 0 Å². The second-order valence-corrected chi connectivity index (χ2v) is 8.36. The summed E-state index contributed by atoms with van der Waals surface area (Å²) in [4.78, 5) is 18.3. The largest absolute Gasteiger partial charge is 0.338 e. The van der Waals surface area contributed by atoms with E-state index in [1.165, 1.54) is 8.61 Å². The van der Waals surface area contributed by atoms with Crippen molar-refractivity contribution >= 4 is 27.5 Å². The number of anilines is 2. The maximum atomic E-state index is 12.8. The lowest BCUT2D eigenvalue weighted by Crippen LogP contribution is -2.49. The summed E-state index contributed by atoms with van der Waals surface area (Å²) in [6.45, 7) is 1.05. The van der Waals surface area contributed by atoms with Gasteiger partial charge in [0.15, 0.2) is 0 Å². The molecule has 1 aromatic heterocycles. The standard InChI is InChI=1S/C18H20N4O3S/c1-20-16-6-2-3-7-17(16)22(26(20,24)25)15-8-11-21(12-9-15)18(23)14-5-4-10-19-13-14/h2-7,10,13,15H,8-9,11-12H2,1H3. The molecular weight excluding hydrogens is 352 g/mol. The minimum Gasteiger partial charge on any atom is -0.338 e. The molecule has 0 N–H and O–H groups in total. The third-order valence-corrected chi connectivity index (χ3v) is 6.93. The molecule has 1 fully saturated rings. The minimum atomic E-state index is -3.56. The van der Waals surface area contributed by atoms with Crippen molar-refractivity contribution < 1.29 is 13.2 Å². The molecule has 0 saturated carbocycles. The number of hydrogen-bond donors (Lipinski definition) is 0. The van der Waals surface area contributed by atoms with E-state index in [-0.39, 0.29) is 11.9 Å². The van der Waals surface area contributed by atoms with Gasteiger partial charge in [-0.2, -0.15) is 8.42 Å². The second kappa shape index (κ2) is 6.28. The van der Waals surface area contributed by atoms with Gasteiger partial charge in [0.2, 0.25) is 0 Å². The third kappa shape index (κ3) is 2.61. The van der Waals surface area contributed by atoms with E-state index < -0.39 is 10.2 Å². The molecule has 3 heterocycles. The third-order valence-electron chi connectivity index (χ3n) is 5.04. The number of benzene rings is 1. The fourth-order valence-electron chi connectivity index (χ4n) is 3.66. The fourth-order valence-corrected chi connectivity index (χ4v) is 5.32. The molecule has 0 aliphatic carbocycles. The van der Waals surface area contributed by atoms with Crippen molar-refractivity contribution in [1.29, 1.82) is 0 Å². The molecule has 1 aromatic carbocycles. The van der Waals surface area contributed by atoms with Crippen LogP contribution in [0, 0.1) is 0 Å². The summed E-state index contributed by atoms with van der Waals surface area (Å²) in [6.07, 6.45) is 4.40. The smallest absolute Gasteiger partial charge is 0.326 e. The van der Waals surface area contributed by atoms with Crippen LogP contribution in [0.25, 0.3) is 0 Å². The van der Waals surface area contributed by atoms with E-state index in [1.54, 1.807) is 36.5 Å². The quantitative estimate of drug-likeness (QED) is 0.807. The van der Waals surface area contributed by atoms with Crippen molar-refractivity contribution in [1.82, 2.24) is 9.88 Å². The highest BCUT2D eigenvalue weighted by molar-refractivity contribution is 7.94. The van der Waals surface area contributed by atoms with E-state index in [9.17, 15) is 13.2 Å². The lowest BCUT2D eigenvalue weighted by Gasteiger charge is -2.36.